The van der Waals surface area contributed by atoms with Crippen LogP contribution in [-0.2, 0) is 36.1 Å². The number of carbonyl (C=O) groups excluding carboxylic acids is 3. The molecule has 0 saturated heterocycles. The van der Waals surface area contributed by atoms with Crippen molar-refractivity contribution in [2.45, 2.75) is 26.7 Å². The molecule has 0 fully saturated rings. The van der Waals surface area contributed by atoms with Gasteiger partial charge in [-0.05, 0) is 13.8 Å². The Bertz CT molecular complexity index is 384. The number of hydrogen-bond donors (Lipinski definition) is 0. The molecule has 2 aliphatic rings. The predicted molar refractivity (Wildman–Crippen MR) is 73.0 cm³/mol. The minimum absolute atomic E-state index is 0. The fourth-order valence-corrected chi connectivity index (χ4v) is 1.30. The number of rotatable bonds is 3. The standard InChI is InChI=1S/C6H8O4.2C5H5.Ti/c1-3(7)5(4(2)8)6(9)10;2*1-2-4-5-3-1;/h5H,1-2H3,(H,9,10);2*1-3H,4H2;/q;2*-1;+2/p-1. The average Bonchev–Trinajstić information content (AvgIpc) is 3.07. The molecule has 0 bridgehead atoms. The Morgan fingerprint density at radius 2 is 1.33 bits per heavy atom. The summed E-state index contributed by atoms with van der Waals surface area (Å²) >= 11 is 0. The van der Waals surface area contributed by atoms with Crippen molar-refractivity contribution in [3.8, 4) is 0 Å². The fourth-order valence-electron chi connectivity index (χ4n) is 1.30. The van der Waals surface area contributed by atoms with Gasteiger partial charge >= 0.3 is 21.7 Å². The summed E-state index contributed by atoms with van der Waals surface area (Å²) in [5.74, 6) is -4.58. The van der Waals surface area contributed by atoms with E-state index in [2.05, 4.69) is 24.3 Å². The number of carbonyl (C=O) groups is 3. The number of carboxylic acid groups (broad SMARTS) is 1. The number of aliphatic carboxylic acids is 1. The number of Topliss-reactive ketones (excluding diaryl/α,β-unsaturated/α-hetero) is 2. The van der Waals surface area contributed by atoms with Gasteiger partial charge in [-0.3, -0.25) is 21.7 Å². The van der Waals surface area contributed by atoms with E-state index in [-0.39, 0.29) is 21.7 Å². The third-order valence-corrected chi connectivity index (χ3v) is 2.22. The van der Waals surface area contributed by atoms with Crippen LogP contribution < -0.4 is 5.11 Å². The first-order valence-corrected chi connectivity index (χ1v) is 6.12. The molecule has 5 heteroatoms. The van der Waals surface area contributed by atoms with Crippen molar-refractivity contribution in [1.29, 1.82) is 0 Å². The van der Waals surface area contributed by atoms with E-state index < -0.39 is 23.5 Å². The summed E-state index contributed by atoms with van der Waals surface area (Å²) in [5.41, 5.74) is 0. The van der Waals surface area contributed by atoms with Crippen LogP contribution >= 0.6 is 0 Å². The molecule has 0 aromatic rings. The van der Waals surface area contributed by atoms with Gasteiger partial charge in [-0.15, -0.1) is 12.8 Å². The topological polar surface area (TPSA) is 74.3 Å². The molecular weight excluding hydrogens is 304 g/mol. The Morgan fingerprint density at radius 3 is 1.38 bits per heavy atom. The second-order valence-corrected chi connectivity index (χ2v) is 3.98. The van der Waals surface area contributed by atoms with Gasteiger partial charge in [0.1, 0.15) is 17.5 Å². The molecule has 21 heavy (non-hydrogen) atoms. The van der Waals surface area contributed by atoms with Crippen molar-refractivity contribution in [2.24, 2.45) is 5.92 Å². The molecule has 0 saturated carbocycles. The Labute approximate surface area is 140 Å². The summed E-state index contributed by atoms with van der Waals surface area (Å²) in [6.45, 7) is 2.09. The SMILES string of the molecule is CC(=O)C(C(C)=O)C(=O)[O-].[C-]1=CC=CC1.[C-]1=CC=CC1.[Ti+2]. The molecule has 4 nitrogen and oxygen atoms in total. The van der Waals surface area contributed by atoms with E-state index in [0.29, 0.717) is 0 Å². The van der Waals surface area contributed by atoms with E-state index >= 15 is 0 Å². The van der Waals surface area contributed by atoms with Gasteiger partial charge in [0.15, 0.2) is 0 Å². The van der Waals surface area contributed by atoms with E-state index in [0.717, 1.165) is 26.7 Å². The van der Waals surface area contributed by atoms with E-state index in [9.17, 15) is 19.5 Å². The van der Waals surface area contributed by atoms with Gasteiger partial charge in [0, 0.05) is 0 Å². The van der Waals surface area contributed by atoms with Crippen LogP contribution in [-0.4, -0.2) is 17.5 Å². The summed E-state index contributed by atoms with van der Waals surface area (Å²) < 4.78 is 0. The first-order chi connectivity index (χ1) is 9.46. The molecule has 0 N–H and O–H groups in total. The zero-order valence-corrected chi connectivity index (χ0v) is 13.7. The molecule has 2 aliphatic carbocycles. The van der Waals surface area contributed by atoms with Gasteiger partial charge in [-0.25, -0.2) is 24.3 Å². The quantitative estimate of drug-likeness (QED) is 0.444. The maximum Gasteiger partial charge on any atom is 2.00 e. The second-order valence-electron chi connectivity index (χ2n) is 3.98. The van der Waals surface area contributed by atoms with Crippen LogP contribution in [0.5, 0.6) is 0 Å². The third-order valence-electron chi connectivity index (χ3n) is 2.22. The van der Waals surface area contributed by atoms with Gasteiger partial charge in [0.2, 0.25) is 0 Å². The first kappa shape index (κ1) is 21.8. The van der Waals surface area contributed by atoms with E-state index in [1.54, 1.807) is 0 Å². The number of carboxylic acids is 1. The Morgan fingerprint density at radius 1 is 0.952 bits per heavy atom. The van der Waals surface area contributed by atoms with Crippen LogP contribution in [0.1, 0.15) is 26.7 Å². The minimum Gasteiger partial charge on any atom is -0.549 e. The normalized spacial score (nSPS) is 12.9. The summed E-state index contributed by atoms with van der Waals surface area (Å²) in [5, 5.41) is 10.0. The molecule has 110 valence electrons. The summed E-state index contributed by atoms with van der Waals surface area (Å²) in [7, 11) is 0. The van der Waals surface area contributed by atoms with Crippen LogP contribution in [0.25, 0.3) is 0 Å². The van der Waals surface area contributed by atoms with Gasteiger partial charge in [0.25, 0.3) is 0 Å². The predicted octanol–water partition coefficient (Wildman–Crippen LogP) is 1.14. The van der Waals surface area contributed by atoms with Crippen molar-refractivity contribution >= 4 is 17.5 Å². The average molecular weight is 321 g/mol. The van der Waals surface area contributed by atoms with Crippen molar-refractivity contribution < 1.29 is 41.2 Å². The molecule has 0 aromatic carbocycles. The van der Waals surface area contributed by atoms with Gasteiger partial charge < -0.3 is 9.90 Å². The summed E-state index contributed by atoms with van der Waals surface area (Å²) in [6.07, 6.45) is 20.0. The monoisotopic (exact) mass is 321 g/mol. The molecule has 0 aromatic heterocycles. The maximum atomic E-state index is 10.4. The van der Waals surface area contributed by atoms with Crippen molar-refractivity contribution in [1.82, 2.24) is 0 Å². The molecule has 0 heterocycles. The minimum atomic E-state index is -1.62. The van der Waals surface area contributed by atoms with Crippen LogP contribution in [0, 0.1) is 18.1 Å². The van der Waals surface area contributed by atoms with Gasteiger partial charge in [-0.1, -0.05) is 0 Å². The van der Waals surface area contributed by atoms with E-state index in [1.807, 2.05) is 24.3 Å². The third kappa shape index (κ3) is 12.0. The molecule has 0 spiro atoms. The number of hydrogen-bond acceptors (Lipinski definition) is 4. The van der Waals surface area contributed by atoms with Crippen molar-refractivity contribution in [2.75, 3.05) is 0 Å². The van der Waals surface area contributed by atoms with Gasteiger partial charge in [-0.2, -0.15) is 12.2 Å². The zero-order valence-electron chi connectivity index (χ0n) is 12.1. The Hall–Kier alpha value is -1.52. The Balaban J connectivity index is 0. The smallest absolute Gasteiger partial charge is 0.549 e. The van der Waals surface area contributed by atoms with Gasteiger partial charge in [0.05, 0.1) is 5.97 Å². The summed E-state index contributed by atoms with van der Waals surface area (Å²) in [4.78, 5) is 30.8. The molecule has 0 radical (unpaired) electrons. The fraction of sp³-hybridized carbons (Fsp3) is 0.312. The first-order valence-electron chi connectivity index (χ1n) is 6.12. The number of ketones is 2. The van der Waals surface area contributed by atoms with E-state index in [4.69, 9.17) is 0 Å². The molecule has 0 atom stereocenters. The maximum absolute atomic E-state index is 10.4. The molecular formula is C16H17O4Ti-. The second kappa shape index (κ2) is 13.5. The Kier molecular flexibility index (Phi) is 14.0. The molecule has 2 rings (SSSR count). The van der Waals surface area contributed by atoms with E-state index in [1.165, 1.54) is 0 Å². The van der Waals surface area contributed by atoms with Crippen molar-refractivity contribution in [3.05, 3.63) is 48.6 Å². The molecule has 0 aliphatic heterocycles. The van der Waals surface area contributed by atoms with Crippen molar-refractivity contribution in [3.63, 3.8) is 0 Å². The van der Waals surface area contributed by atoms with Crippen LogP contribution in [0.15, 0.2) is 36.5 Å². The zero-order chi connectivity index (χ0) is 15.4. The van der Waals surface area contributed by atoms with Crippen LogP contribution in [0.2, 0.25) is 0 Å². The van der Waals surface area contributed by atoms with Crippen LogP contribution in [0.3, 0.4) is 0 Å². The molecule has 0 amide bonds. The molecule has 0 unspecified atom stereocenters. The largest absolute Gasteiger partial charge is 2.00 e. The van der Waals surface area contributed by atoms with Crippen LogP contribution in [0.4, 0.5) is 0 Å². The summed E-state index contributed by atoms with van der Waals surface area (Å²) in [6, 6.07) is 0. The number of allylic oxidation sites excluding steroid dienone is 8.